The molecule has 0 spiro atoms. The molecule has 18 heavy (non-hydrogen) atoms. The summed E-state index contributed by atoms with van der Waals surface area (Å²) in [7, 11) is 1.77. The zero-order valence-electron chi connectivity index (χ0n) is 10.2. The van der Waals surface area contributed by atoms with E-state index in [1.165, 1.54) is 0 Å². The van der Waals surface area contributed by atoms with Gasteiger partial charge in [-0.05, 0) is 6.07 Å². The second-order valence-corrected chi connectivity index (χ2v) is 4.34. The van der Waals surface area contributed by atoms with Crippen molar-refractivity contribution in [1.82, 2.24) is 19.6 Å². The number of aliphatic carboxylic acids is 1. The van der Waals surface area contributed by atoms with Gasteiger partial charge in [-0.15, -0.1) is 0 Å². The smallest absolute Gasteiger partial charge is 0.317 e. The number of hydrogen-bond acceptors (Lipinski definition) is 4. The Balaban J connectivity index is 1.90. The zero-order valence-corrected chi connectivity index (χ0v) is 10.2. The minimum absolute atomic E-state index is 0.0334. The number of carboxylic acid groups (broad SMARTS) is 1. The van der Waals surface area contributed by atoms with Gasteiger partial charge in [-0.3, -0.25) is 19.2 Å². The topological polar surface area (TPSA) is 78.7 Å². The molecular formula is C11H16N4O3. The van der Waals surface area contributed by atoms with Gasteiger partial charge in [0.05, 0.1) is 6.54 Å². The third-order valence-electron chi connectivity index (χ3n) is 2.95. The lowest BCUT2D eigenvalue weighted by Crippen LogP contribution is -2.50. The summed E-state index contributed by atoms with van der Waals surface area (Å²) in [5.41, 5.74) is 0.434. The fraction of sp³-hybridized carbons (Fsp3) is 0.545. The number of carbonyl (C=O) groups excluding carboxylic acids is 1. The van der Waals surface area contributed by atoms with Crippen molar-refractivity contribution in [2.75, 3.05) is 32.7 Å². The number of aryl methyl sites for hydroxylation is 1. The molecule has 1 aliphatic rings. The summed E-state index contributed by atoms with van der Waals surface area (Å²) in [5, 5.41) is 12.8. The van der Waals surface area contributed by atoms with Crippen molar-refractivity contribution in [1.29, 1.82) is 0 Å². The number of amides is 1. The van der Waals surface area contributed by atoms with Crippen LogP contribution in [0.15, 0.2) is 12.3 Å². The third-order valence-corrected chi connectivity index (χ3v) is 2.95. The van der Waals surface area contributed by atoms with Crippen LogP contribution in [-0.4, -0.2) is 69.3 Å². The van der Waals surface area contributed by atoms with Gasteiger partial charge in [-0.1, -0.05) is 0 Å². The van der Waals surface area contributed by atoms with Crippen LogP contribution < -0.4 is 0 Å². The van der Waals surface area contributed by atoms with Crippen molar-refractivity contribution in [2.45, 2.75) is 0 Å². The van der Waals surface area contributed by atoms with E-state index in [1.807, 2.05) is 4.90 Å². The highest BCUT2D eigenvalue weighted by Gasteiger charge is 2.24. The van der Waals surface area contributed by atoms with Crippen LogP contribution >= 0.6 is 0 Å². The normalized spacial score (nSPS) is 16.8. The van der Waals surface area contributed by atoms with Gasteiger partial charge in [0, 0.05) is 39.4 Å². The predicted octanol–water partition coefficient (Wildman–Crippen LogP) is -0.737. The quantitative estimate of drug-likeness (QED) is 0.766. The van der Waals surface area contributed by atoms with Gasteiger partial charge in [0.1, 0.15) is 5.69 Å². The van der Waals surface area contributed by atoms with Gasteiger partial charge in [-0.2, -0.15) is 5.10 Å². The van der Waals surface area contributed by atoms with E-state index in [1.54, 1.807) is 28.9 Å². The van der Waals surface area contributed by atoms with E-state index >= 15 is 0 Å². The molecule has 2 heterocycles. The van der Waals surface area contributed by atoms with E-state index in [9.17, 15) is 9.59 Å². The average Bonchev–Trinajstić information content (AvgIpc) is 2.75. The van der Waals surface area contributed by atoms with Gasteiger partial charge < -0.3 is 10.0 Å². The molecule has 0 aliphatic carbocycles. The second-order valence-electron chi connectivity index (χ2n) is 4.34. The number of rotatable bonds is 3. The van der Waals surface area contributed by atoms with Crippen molar-refractivity contribution in [3.05, 3.63) is 18.0 Å². The summed E-state index contributed by atoms with van der Waals surface area (Å²) in [6.45, 7) is 2.30. The minimum Gasteiger partial charge on any atom is -0.480 e. The number of carboxylic acids is 1. The Labute approximate surface area is 105 Å². The fourth-order valence-electron chi connectivity index (χ4n) is 1.99. The molecule has 0 aromatic carbocycles. The molecule has 98 valence electrons. The van der Waals surface area contributed by atoms with Crippen molar-refractivity contribution in [3.8, 4) is 0 Å². The van der Waals surface area contributed by atoms with E-state index < -0.39 is 5.97 Å². The maximum atomic E-state index is 12.1. The molecule has 1 aromatic rings. The second kappa shape index (κ2) is 5.18. The number of carbonyl (C=O) groups is 2. The molecule has 1 amide bonds. The Morgan fingerprint density at radius 1 is 1.33 bits per heavy atom. The highest BCUT2D eigenvalue weighted by Crippen LogP contribution is 2.06. The van der Waals surface area contributed by atoms with Crippen LogP contribution in [0.4, 0.5) is 0 Å². The SMILES string of the molecule is Cn1ccc(C(=O)N2CCN(CC(=O)O)CC2)n1. The molecular weight excluding hydrogens is 236 g/mol. The van der Waals surface area contributed by atoms with Gasteiger partial charge in [0.25, 0.3) is 5.91 Å². The number of aromatic nitrogens is 2. The lowest BCUT2D eigenvalue weighted by Gasteiger charge is -2.33. The van der Waals surface area contributed by atoms with Crippen LogP contribution in [0.5, 0.6) is 0 Å². The molecule has 0 bridgehead atoms. The molecule has 1 aromatic heterocycles. The van der Waals surface area contributed by atoms with Gasteiger partial charge in [-0.25, -0.2) is 0 Å². The zero-order chi connectivity index (χ0) is 13.1. The summed E-state index contributed by atoms with van der Waals surface area (Å²) >= 11 is 0. The monoisotopic (exact) mass is 252 g/mol. The van der Waals surface area contributed by atoms with E-state index in [0.29, 0.717) is 31.9 Å². The Morgan fingerprint density at radius 3 is 2.50 bits per heavy atom. The van der Waals surface area contributed by atoms with Crippen LogP contribution in [-0.2, 0) is 11.8 Å². The van der Waals surface area contributed by atoms with Crippen molar-refractivity contribution in [2.24, 2.45) is 7.05 Å². The minimum atomic E-state index is -0.834. The highest BCUT2D eigenvalue weighted by molar-refractivity contribution is 5.92. The molecule has 1 fully saturated rings. The standard InChI is InChI=1S/C11H16N4O3/c1-13-3-2-9(12-13)11(18)15-6-4-14(5-7-15)8-10(16)17/h2-3H,4-8H2,1H3,(H,16,17). The Hall–Kier alpha value is -1.89. The highest BCUT2D eigenvalue weighted by atomic mass is 16.4. The summed E-state index contributed by atoms with van der Waals surface area (Å²) in [6.07, 6.45) is 1.73. The van der Waals surface area contributed by atoms with Crippen molar-refractivity contribution < 1.29 is 14.7 Å². The number of hydrogen-bond donors (Lipinski definition) is 1. The average molecular weight is 252 g/mol. The molecule has 2 rings (SSSR count). The molecule has 7 nitrogen and oxygen atoms in total. The molecule has 0 atom stereocenters. The molecule has 1 N–H and O–H groups in total. The van der Waals surface area contributed by atoms with Crippen LogP contribution in [0.25, 0.3) is 0 Å². The van der Waals surface area contributed by atoms with E-state index in [0.717, 1.165) is 0 Å². The summed E-state index contributed by atoms with van der Waals surface area (Å²) in [5.74, 6) is -0.926. The van der Waals surface area contributed by atoms with Gasteiger partial charge in [0.15, 0.2) is 0 Å². The first-order valence-electron chi connectivity index (χ1n) is 5.79. The summed E-state index contributed by atoms with van der Waals surface area (Å²) in [6, 6.07) is 1.69. The Bertz CT molecular complexity index is 449. The third kappa shape index (κ3) is 2.86. The largest absolute Gasteiger partial charge is 0.480 e. The molecule has 0 radical (unpaired) electrons. The van der Waals surface area contributed by atoms with Crippen LogP contribution in [0, 0.1) is 0 Å². The lowest BCUT2D eigenvalue weighted by molar-refractivity contribution is -0.138. The first kappa shape index (κ1) is 12.6. The number of piperazine rings is 1. The van der Waals surface area contributed by atoms with Crippen molar-refractivity contribution in [3.63, 3.8) is 0 Å². The molecule has 0 saturated carbocycles. The first-order valence-corrected chi connectivity index (χ1v) is 5.79. The van der Waals surface area contributed by atoms with E-state index in [4.69, 9.17) is 5.11 Å². The summed E-state index contributed by atoms with van der Waals surface area (Å²) < 4.78 is 1.59. The van der Waals surface area contributed by atoms with E-state index in [-0.39, 0.29) is 12.5 Å². The number of nitrogens with zero attached hydrogens (tertiary/aromatic N) is 4. The molecule has 7 heteroatoms. The Kier molecular flexibility index (Phi) is 3.61. The first-order chi connectivity index (χ1) is 8.56. The molecule has 0 unspecified atom stereocenters. The molecule has 1 aliphatic heterocycles. The predicted molar refractivity (Wildman–Crippen MR) is 63.2 cm³/mol. The van der Waals surface area contributed by atoms with Gasteiger partial charge in [0.2, 0.25) is 0 Å². The fourth-order valence-corrected chi connectivity index (χ4v) is 1.99. The van der Waals surface area contributed by atoms with Crippen LogP contribution in [0.3, 0.4) is 0 Å². The Morgan fingerprint density at radius 2 is 2.00 bits per heavy atom. The van der Waals surface area contributed by atoms with Crippen molar-refractivity contribution >= 4 is 11.9 Å². The maximum absolute atomic E-state index is 12.1. The summed E-state index contributed by atoms with van der Waals surface area (Å²) in [4.78, 5) is 26.2. The molecule has 1 saturated heterocycles. The maximum Gasteiger partial charge on any atom is 0.317 e. The lowest BCUT2D eigenvalue weighted by atomic mass is 10.3. The van der Waals surface area contributed by atoms with E-state index in [2.05, 4.69) is 5.10 Å². The van der Waals surface area contributed by atoms with Gasteiger partial charge >= 0.3 is 5.97 Å². The van der Waals surface area contributed by atoms with Crippen LogP contribution in [0.1, 0.15) is 10.5 Å². The van der Waals surface area contributed by atoms with Crippen LogP contribution in [0.2, 0.25) is 0 Å².